The van der Waals surface area contributed by atoms with E-state index in [4.69, 9.17) is 9.47 Å². The summed E-state index contributed by atoms with van der Waals surface area (Å²) in [6.07, 6.45) is 5.13. The lowest BCUT2D eigenvalue weighted by atomic mass is 10.1. The van der Waals surface area contributed by atoms with Gasteiger partial charge in [-0.3, -0.25) is 9.89 Å². The average Bonchev–Trinajstić information content (AvgIpc) is 3.38. The highest BCUT2D eigenvalue weighted by molar-refractivity contribution is 5.79. The monoisotopic (exact) mass is 360 g/mol. The maximum atomic E-state index is 5.68. The largest absolute Gasteiger partial charge is 0.497 e. The molecule has 26 heavy (non-hydrogen) atoms. The van der Waals surface area contributed by atoms with Gasteiger partial charge in [0.25, 0.3) is 0 Å². The van der Waals surface area contributed by atoms with Crippen LogP contribution in [-0.4, -0.2) is 63.9 Å². The van der Waals surface area contributed by atoms with Crippen molar-refractivity contribution >= 4 is 5.96 Å². The number of nitrogens with zero attached hydrogens (tertiary/aromatic N) is 2. The van der Waals surface area contributed by atoms with E-state index < -0.39 is 0 Å². The minimum Gasteiger partial charge on any atom is -0.497 e. The number of benzene rings is 1. The summed E-state index contributed by atoms with van der Waals surface area (Å²) in [5.41, 5.74) is 1.29. The Labute approximate surface area is 157 Å². The smallest absolute Gasteiger partial charge is 0.191 e. The lowest BCUT2D eigenvalue weighted by molar-refractivity contribution is 0.113. The van der Waals surface area contributed by atoms with Crippen LogP contribution < -0.4 is 15.4 Å². The molecule has 1 aromatic rings. The first-order valence-corrected chi connectivity index (χ1v) is 9.74. The number of guanidine groups is 1. The summed E-state index contributed by atoms with van der Waals surface area (Å²) in [5, 5.41) is 6.91. The summed E-state index contributed by atoms with van der Waals surface area (Å²) in [6.45, 7) is 4.80. The fourth-order valence-electron chi connectivity index (χ4n) is 3.79. The molecule has 2 unspecified atom stereocenters. The average molecular weight is 361 g/mol. The van der Waals surface area contributed by atoms with Crippen molar-refractivity contribution in [3.8, 4) is 5.75 Å². The summed E-state index contributed by atoms with van der Waals surface area (Å²) < 4.78 is 11.1. The van der Waals surface area contributed by atoms with Gasteiger partial charge in [0.2, 0.25) is 0 Å². The van der Waals surface area contributed by atoms with Crippen LogP contribution in [0.25, 0.3) is 0 Å². The van der Waals surface area contributed by atoms with Gasteiger partial charge < -0.3 is 20.1 Å². The second kappa shape index (κ2) is 9.78. The molecule has 2 atom stereocenters. The molecule has 3 rings (SSSR count). The Morgan fingerprint density at radius 2 is 2.15 bits per heavy atom. The molecule has 144 valence electrons. The molecular weight excluding hydrogens is 328 g/mol. The molecule has 2 fully saturated rings. The van der Waals surface area contributed by atoms with E-state index in [-0.39, 0.29) is 0 Å². The molecule has 2 saturated heterocycles. The van der Waals surface area contributed by atoms with Crippen molar-refractivity contribution in [3.05, 3.63) is 29.8 Å². The lowest BCUT2D eigenvalue weighted by Crippen LogP contribution is -2.44. The van der Waals surface area contributed by atoms with Crippen LogP contribution in [0.1, 0.15) is 37.3 Å². The van der Waals surface area contributed by atoms with E-state index >= 15 is 0 Å². The lowest BCUT2D eigenvalue weighted by Gasteiger charge is -2.29. The third kappa shape index (κ3) is 5.11. The van der Waals surface area contributed by atoms with Crippen LogP contribution in [0.3, 0.4) is 0 Å². The third-order valence-electron chi connectivity index (χ3n) is 5.27. The van der Waals surface area contributed by atoms with E-state index in [0.29, 0.717) is 12.1 Å². The van der Waals surface area contributed by atoms with Gasteiger partial charge in [0.15, 0.2) is 5.96 Å². The minimum absolute atomic E-state index is 0.307. The van der Waals surface area contributed by atoms with Gasteiger partial charge in [-0.1, -0.05) is 12.1 Å². The van der Waals surface area contributed by atoms with Gasteiger partial charge in [-0.15, -0.1) is 0 Å². The number of rotatable bonds is 7. The van der Waals surface area contributed by atoms with Gasteiger partial charge in [0, 0.05) is 26.7 Å². The zero-order valence-electron chi connectivity index (χ0n) is 16.0. The van der Waals surface area contributed by atoms with Crippen LogP contribution in [-0.2, 0) is 4.74 Å². The zero-order chi connectivity index (χ0) is 18.2. The van der Waals surface area contributed by atoms with Crippen molar-refractivity contribution in [3.63, 3.8) is 0 Å². The molecule has 2 aliphatic heterocycles. The van der Waals surface area contributed by atoms with Crippen molar-refractivity contribution in [1.29, 1.82) is 0 Å². The summed E-state index contributed by atoms with van der Waals surface area (Å²) in [6, 6.07) is 8.72. The number of aliphatic imine (C=N–C) groups is 1. The highest BCUT2D eigenvalue weighted by atomic mass is 16.5. The number of likely N-dealkylation sites (tertiary alicyclic amines) is 1. The van der Waals surface area contributed by atoms with Gasteiger partial charge in [0.05, 0.1) is 19.3 Å². The van der Waals surface area contributed by atoms with Crippen LogP contribution in [0.15, 0.2) is 29.3 Å². The second-order valence-electron chi connectivity index (χ2n) is 7.00. The molecule has 0 aliphatic carbocycles. The maximum absolute atomic E-state index is 5.68. The summed E-state index contributed by atoms with van der Waals surface area (Å²) >= 11 is 0. The van der Waals surface area contributed by atoms with Crippen molar-refractivity contribution < 1.29 is 9.47 Å². The van der Waals surface area contributed by atoms with Crippen LogP contribution in [0, 0.1) is 0 Å². The summed E-state index contributed by atoms with van der Waals surface area (Å²) in [7, 11) is 3.54. The zero-order valence-corrected chi connectivity index (χ0v) is 16.0. The van der Waals surface area contributed by atoms with E-state index in [1.54, 1.807) is 7.11 Å². The van der Waals surface area contributed by atoms with E-state index in [2.05, 4.69) is 38.7 Å². The Kier molecular flexibility index (Phi) is 7.14. The highest BCUT2D eigenvalue weighted by Gasteiger charge is 2.24. The summed E-state index contributed by atoms with van der Waals surface area (Å²) in [5.74, 6) is 1.75. The van der Waals surface area contributed by atoms with E-state index in [9.17, 15) is 0 Å². The molecule has 2 heterocycles. The van der Waals surface area contributed by atoms with Crippen LogP contribution in [0.5, 0.6) is 5.75 Å². The Morgan fingerprint density at radius 3 is 2.85 bits per heavy atom. The first kappa shape index (κ1) is 19.0. The molecule has 2 N–H and O–H groups in total. The Hall–Kier alpha value is -1.79. The number of nitrogens with one attached hydrogen (secondary N) is 2. The predicted molar refractivity (Wildman–Crippen MR) is 105 cm³/mol. The normalized spacial score (nSPS) is 22.4. The predicted octanol–water partition coefficient (Wildman–Crippen LogP) is 2.18. The number of ether oxygens (including phenoxy) is 2. The standard InChI is InChI=1S/C20H32N4O2/c1-21-20(22-14-18-9-6-12-26-18)23-15-19(24-10-3-4-11-24)16-7-5-8-17(13-16)25-2/h5,7-8,13,18-19H,3-4,6,9-12,14-15H2,1-2H3,(H2,21,22,23). The molecule has 0 radical (unpaired) electrons. The molecule has 1 aromatic carbocycles. The van der Waals surface area contributed by atoms with Crippen LogP contribution in [0.2, 0.25) is 0 Å². The van der Waals surface area contributed by atoms with Gasteiger partial charge in [-0.05, 0) is 56.5 Å². The third-order valence-corrected chi connectivity index (χ3v) is 5.27. The fourth-order valence-corrected chi connectivity index (χ4v) is 3.79. The van der Waals surface area contributed by atoms with Gasteiger partial charge >= 0.3 is 0 Å². The van der Waals surface area contributed by atoms with Gasteiger partial charge in [-0.25, -0.2) is 0 Å². The molecule has 6 heteroatoms. The van der Waals surface area contributed by atoms with E-state index in [0.717, 1.165) is 57.3 Å². The topological polar surface area (TPSA) is 58.1 Å². The first-order chi connectivity index (χ1) is 12.8. The molecule has 0 spiro atoms. The quantitative estimate of drug-likeness (QED) is 0.577. The fraction of sp³-hybridized carbons (Fsp3) is 0.650. The van der Waals surface area contributed by atoms with Crippen LogP contribution >= 0.6 is 0 Å². The van der Waals surface area contributed by atoms with Crippen molar-refractivity contribution in [2.75, 3.05) is 46.9 Å². The number of hydrogen-bond donors (Lipinski definition) is 2. The second-order valence-corrected chi connectivity index (χ2v) is 7.00. The Morgan fingerprint density at radius 1 is 1.31 bits per heavy atom. The van der Waals surface area contributed by atoms with E-state index in [1.165, 1.54) is 18.4 Å². The van der Waals surface area contributed by atoms with Crippen molar-refractivity contribution in [2.24, 2.45) is 4.99 Å². The molecule has 0 amide bonds. The highest BCUT2D eigenvalue weighted by Crippen LogP contribution is 2.27. The van der Waals surface area contributed by atoms with Crippen molar-refractivity contribution in [1.82, 2.24) is 15.5 Å². The number of hydrogen-bond acceptors (Lipinski definition) is 4. The first-order valence-electron chi connectivity index (χ1n) is 9.74. The SMILES string of the molecule is CN=C(NCC1CCCO1)NCC(c1cccc(OC)c1)N1CCCC1. The van der Waals surface area contributed by atoms with Crippen molar-refractivity contribution in [2.45, 2.75) is 37.8 Å². The Balaban J connectivity index is 1.61. The summed E-state index contributed by atoms with van der Waals surface area (Å²) in [4.78, 5) is 6.92. The van der Waals surface area contributed by atoms with Crippen LogP contribution in [0.4, 0.5) is 0 Å². The molecular formula is C20H32N4O2. The van der Waals surface area contributed by atoms with E-state index in [1.807, 2.05) is 13.1 Å². The minimum atomic E-state index is 0.307. The Bertz CT molecular complexity index is 581. The maximum Gasteiger partial charge on any atom is 0.191 e. The van der Waals surface area contributed by atoms with Gasteiger partial charge in [-0.2, -0.15) is 0 Å². The number of methoxy groups -OCH3 is 1. The molecule has 0 saturated carbocycles. The molecule has 2 aliphatic rings. The molecule has 0 aromatic heterocycles. The molecule has 0 bridgehead atoms. The van der Waals surface area contributed by atoms with Gasteiger partial charge in [0.1, 0.15) is 5.75 Å². The molecule has 6 nitrogen and oxygen atoms in total.